The molecule has 0 spiro atoms. The molecular weight excluding hydrogens is 504 g/mol. The largest absolute Gasteiger partial charge is 0.379 e. The molecule has 38 heavy (non-hydrogen) atoms. The molecule has 0 aliphatic carbocycles. The molecule has 4 aromatic carbocycles. The summed E-state index contributed by atoms with van der Waals surface area (Å²) in [5.74, 6) is -1.47. The SMILES string of the molecule is O=C1[C@@H]2[C@H](ON(c3ccccc3)[C@H]2c2ccc(OS(=O)(=O)c3ccccc3)cc2)C(=O)N1c1ccccc1. The van der Waals surface area contributed by atoms with Crippen molar-refractivity contribution in [2.24, 2.45) is 5.92 Å². The second kappa shape index (κ2) is 9.44. The quantitative estimate of drug-likeness (QED) is 0.270. The Morgan fingerprint density at radius 1 is 0.658 bits per heavy atom. The van der Waals surface area contributed by atoms with Gasteiger partial charge in [0.05, 0.1) is 17.4 Å². The van der Waals surface area contributed by atoms with Crippen molar-refractivity contribution < 1.29 is 27.0 Å². The number of carbonyl (C=O) groups excluding carboxylic acids is 2. The Bertz CT molecular complexity index is 1580. The molecule has 4 aromatic rings. The van der Waals surface area contributed by atoms with Crippen LogP contribution in [-0.4, -0.2) is 26.3 Å². The normalized spacial score (nSPS) is 21.0. The van der Waals surface area contributed by atoms with Gasteiger partial charge in [0.15, 0.2) is 6.10 Å². The summed E-state index contributed by atoms with van der Waals surface area (Å²) >= 11 is 0. The van der Waals surface area contributed by atoms with E-state index in [9.17, 15) is 18.0 Å². The lowest BCUT2D eigenvalue weighted by Gasteiger charge is -2.28. The first-order valence-electron chi connectivity index (χ1n) is 12.0. The molecule has 3 atom stereocenters. The van der Waals surface area contributed by atoms with E-state index in [0.717, 1.165) is 0 Å². The third-order valence-corrected chi connectivity index (χ3v) is 7.86. The topological polar surface area (TPSA) is 93.2 Å². The van der Waals surface area contributed by atoms with Crippen molar-refractivity contribution in [2.75, 3.05) is 9.96 Å². The number of para-hydroxylation sites is 2. The van der Waals surface area contributed by atoms with E-state index in [1.807, 2.05) is 36.4 Å². The Hall–Kier alpha value is -4.47. The van der Waals surface area contributed by atoms with Gasteiger partial charge in [-0.05, 0) is 54.1 Å². The van der Waals surface area contributed by atoms with E-state index in [1.165, 1.54) is 29.2 Å². The second-order valence-corrected chi connectivity index (χ2v) is 10.5. The Balaban J connectivity index is 1.34. The van der Waals surface area contributed by atoms with E-state index in [0.29, 0.717) is 16.9 Å². The van der Waals surface area contributed by atoms with Gasteiger partial charge in [-0.25, -0.2) is 9.96 Å². The molecule has 6 rings (SSSR count). The first-order chi connectivity index (χ1) is 18.4. The number of benzene rings is 4. The molecule has 2 amide bonds. The van der Waals surface area contributed by atoms with Gasteiger partial charge in [0.2, 0.25) is 5.91 Å². The minimum absolute atomic E-state index is 0.0439. The van der Waals surface area contributed by atoms with Crippen molar-refractivity contribution in [2.45, 2.75) is 17.0 Å². The van der Waals surface area contributed by atoms with Crippen LogP contribution in [0.15, 0.2) is 120 Å². The Labute approximate surface area is 219 Å². The molecule has 2 aliphatic rings. The van der Waals surface area contributed by atoms with Crippen LogP contribution < -0.4 is 14.1 Å². The highest BCUT2D eigenvalue weighted by atomic mass is 32.2. The molecule has 2 aliphatic heterocycles. The molecule has 0 N–H and O–H groups in total. The summed E-state index contributed by atoms with van der Waals surface area (Å²) in [5, 5.41) is 1.59. The summed E-state index contributed by atoms with van der Waals surface area (Å²) in [6.07, 6.45) is -0.998. The number of hydrogen-bond donors (Lipinski definition) is 0. The Morgan fingerprint density at radius 2 is 1.21 bits per heavy atom. The van der Waals surface area contributed by atoms with E-state index < -0.39 is 34.1 Å². The standard InChI is InChI=1S/C29H22N2O6S/c32-28-25-26(20-16-18-23(19-17-20)37-38(34,35)24-14-8-3-9-15-24)31(22-12-6-2-7-13-22)36-27(25)29(33)30(28)21-10-4-1-5-11-21/h1-19,25-27H/t25-,26-,27-/m0/s1. The fourth-order valence-corrected chi connectivity index (χ4v) is 5.82. The van der Waals surface area contributed by atoms with E-state index in [-0.39, 0.29) is 16.6 Å². The van der Waals surface area contributed by atoms with E-state index in [1.54, 1.807) is 59.7 Å². The molecule has 0 aromatic heterocycles. The number of anilines is 2. The minimum atomic E-state index is -4.01. The van der Waals surface area contributed by atoms with Crippen LogP contribution >= 0.6 is 0 Å². The fraction of sp³-hybridized carbons (Fsp3) is 0.103. The van der Waals surface area contributed by atoms with Crippen molar-refractivity contribution in [3.63, 3.8) is 0 Å². The first kappa shape index (κ1) is 23.9. The van der Waals surface area contributed by atoms with Gasteiger partial charge in [-0.15, -0.1) is 0 Å². The first-order valence-corrected chi connectivity index (χ1v) is 13.4. The molecule has 2 heterocycles. The number of hydroxylamine groups is 1. The number of hydrogen-bond acceptors (Lipinski definition) is 7. The second-order valence-electron chi connectivity index (χ2n) is 8.92. The van der Waals surface area contributed by atoms with E-state index >= 15 is 0 Å². The van der Waals surface area contributed by atoms with Crippen LogP contribution in [0.25, 0.3) is 0 Å². The number of nitrogens with zero attached hydrogens (tertiary/aromatic N) is 2. The van der Waals surface area contributed by atoms with E-state index in [2.05, 4.69) is 0 Å². The fourth-order valence-electron chi connectivity index (χ4n) is 4.87. The van der Waals surface area contributed by atoms with Gasteiger partial charge in [0, 0.05) is 0 Å². The monoisotopic (exact) mass is 526 g/mol. The van der Waals surface area contributed by atoms with Crippen molar-refractivity contribution in [3.05, 3.63) is 121 Å². The molecule has 8 nitrogen and oxygen atoms in total. The van der Waals surface area contributed by atoms with Crippen LogP contribution in [-0.2, 0) is 24.5 Å². The molecule has 0 unspecified atom stereocenters. The lowest BCUT2D eigenvalue weighted by atomic mass is 9.90. The van der Waals surface area contributed by atoms with Crippen molar-refractivity contribution in [3.8, 4) is 5.75 Å². The lowest BCUT2D eigenvalue weighted by Crippen LogP contribution is -2.37. The molecule has 2 saturated heterocycles. The number of fused-ring (bicyclic) bond motifs is 1. The maximum Gasteiger partial charge on any atom is 0.339 e. The van der Waals surface area contributed by atoms with E-state index in [4.69, 9.17) is 9.02 Å². The van der Waals surface area contributed by atoms with Crippen LogP contribution in [0.5, 0.6) is 5.75 Å². The zero-order chi connectivity index (χ0) is 26.3. The highest BCUT2D eigenvalue weighted by Gasteiger charge is 2.60. The van der Waals surface area contributed by atoms with Gasteiger partial charge < -0.3 is 4.18 Å². The summed E-state index contributed by atoms with van der Waals surface area (Å²) in [4.78, 5) is 34.4. The van der Waals surface area contributed by atoms with Crippen molar-refractivity contribution >= 4 is 33.3 Å². The van der Waals surface area contributed by atoms with Crippen LogP contribution in [0.3, 0.4) is 0 Å². The van der Waals surface area contributed by atoms with Gasteiger partial charge >= 0.3 is 10.1 Å². The zero-order valence-corrected chi connectivity index (χ0v) is 20.8. The Kier molecular flexibility index (Phi) is 5.94. The average molecular weight is 527 g/mol. The highest BCUT2D eigenvalue weighted by molar-refractivity contribution is 7.87. The van der Waals surface area contributed by atoms with Crippen LogP contribution in [0.4, 0.5) is 11.4 Å². The Morgan fingerprint density at radius 3 is 1.82 bits per heavy atom. The molecule has 0 bridgehead atoms. The molecule has 190 valence electrons. The van der Waals surface area contributed by atoms with Crippen LogP contribution in [0.2, 0.25) is 0 Å². The summed E-state index contributed by atoms with van der Waals surface area (Å²) in [6, 6.07) is 31.6. The van der Waals surface area contributed by atoms with Crippen molar-refractivity contribution in [1.29, 1.82) is 0 Å². The van der Waals surface area contributed by atoms with Crippen LogP contribution in [0, 0.1) is 5.92 Å². The smallest absolute Gasteiger partial charge is 0.339 e. The molecule has 9 heteroatoms. The van der Waals surface area contributed by atoms with Crippen LogP contribution in [0.1, 0.15) is 11.6 Å². The predicted octanol–water partition coefficient (Wildman–Crippen LogP) is 4.51. The van der Waals surface area contributed by atoms with Gasteiger partial charge in [-0.1, -0.05) is 66.7 Å². The minimum Gasteiger partial charge on any atom is -0.379 e. The maximum absolute atomic E-state index is 13.7. The van der Waals surface area contributed by atoms with Crippen molar-refractivity contribution in [1.82, 2.24) is 0 Å². The van der Waals surface area contributed by atoms with Gasteiger partial charge in [0.25, 0.3) is 5.91 Å². The van der Waals surface area contributed by atoms with Gasteiger partial charge in [-0.3, -0.25) is 14.4 Å². The summed E-state index contributed by atoms with van der Waals surface area (Å²) in [5.41, 5.74) is 1.84. The third kappa shape index (κ3) is 4.11. The molecular formula is C29H22N2O6S. The maximum atomic E-state index is 13.7. The number of amides is 2. The number of imide groups is 1. The molecule has 0 saturated carbocycles. The highest BCUT2D eigenvalue weighted by Crippen LogP contribution is 2.47. The summed E-state index contributed by atoms with van der Waals surface area (Å²) in [6.45, 7) is 0. The van der Waals surface area contributed by atoms with Gasteiger partial charge in [0.1, 0.15) is 16.6 Å². The number of rotatable bonds is 6. The predicted molar refractivity (Wildman–Crippen MR) is 140 cm³/mol. The van der Waals surface area contributed by atoms with Gasteiger partial charge in [-0.2, -0.15) is 8.42 Å². The lowest BCUT2D eigenvalue weighted by molar-refractivity contribution is -0.126. The summed E-state index contributed by atoms with van der Waals surface area (Å²) in [7, 11) is -4.01. The molecule has 0 radical (unpaired) electrons. The average Bonchev–Trinajstić information content (AvgIpc) is 3.46. The summed E-state index contributed by atoms with van der Waals surface area (Å²) < 4.78 is 30.6. The number of carbonyl (C=O) groups is 2. The molecule has 2 fully saturated rings. The zero-order valence-electron chi connectivity index (χ0n) is 20.0. The third-order valence-electron chi connectivity index (χ3n) is 6.60.